The predicted molar refractivity (Wildman–Crippen MR) is 58.6 cm³/mol. The number of aryl methyl sites for hydroxylation is 1. The van der Waals surface area contributed by atoms with Gasteiger partial charge in [0.15, 0.2) is 6.61 Å². The number of rotatable bonds is 2. The minimum absolute atomic E-state index is 0.0681. The summed E-state index contributed by atoms with van der Waals surface area (Å²) in [6.07, 6.45) is -3.08. The van der Waals surface area contributed by atoms with Crippen LogP contribution in [0, 0.1) is 6.92 Å². The number of hydrogen-bond donors (Lipinski definition) is 1. The van der Waals surface area contributed by atoms with E-state index < -0.39 is 12.8 Å². The second-order valence-electron chi connectivity index (χ2n) is 4.16. The molecule has 0 saturated heterocycles. The summed E-state index contributed by atoms with van der Waals surface area (Å²) in [6, 6.07) is 0. The van der Waals surface area contributed by atoms with Crippen LogP contribution in [-0.2, 0) is 12.8 Å². The number of fused-ring (bicyclic) bond motifs is 1. The van der Waals surface area contributed by atoms with Crippen molar-refractivity contribution in [3.63, 3.8) is 0 Å². The lowest BCUT2D eigenvalue weighted by atomic mass is 10.1. The molecule has 1 N–H and O–H groups in total. The standard InChI is InChI=1S/C11H14F3N3O/c1-7-16-9-3-5-15-4-2-8(9)10(17-7)18-6-11(12,13)14/h15H,2-6H2,1H3. The highest BCUT2D eigenvalue weighted by Gasteiger charge is 2.29. The van der Waals surface area contributed by atoms with Crippen LogP contribution in [0.4, 0.5) is 13.2 Å². The van der Waals surface area contributed by atoms with Crippen molar-refractivity contribution >= 4 is 0 Å². The van der Waals surface area contributed by atoms with Crippen LogP contribution in [0.15, 0.2) is 0 Å². The molecule has 1 aromatic rings. The average molecular weight is 261 g/mol. The van der Waals surface area contributed by atoms with Crippen LogP contribution in [-0.4, -0.2) is 35.8 Å². The quantitative estimate of drug-likeness (QED) is 0.874. The Morgan fingerprint density at radius 3 is 2.67 bits per heavy atom. The molecule has 2 rings (SSSR count). The van der Waals surface area contributed by atoms with Crippen LogP contribution in [0.1, 0.15) is 17.1 Å². The molecule has 1 aromatic heterocycles. The van der Waals surface area contributed by atoms with Crippen LogP contribution in [0.3, 0.4) is 0 Å². The predicted octanol–water partition coefficient (Wildman–Crippen LogP) is 1.41. The third kappa shape index (κ3) is 3.32. The first-order valence-electron chi connectivity index (χ1n) is 5.72. The van der Waals surface area contributed by atoms with Gasteiger partial charge in [0.1, 0.15) is 5.82 Å². The van der Waals surface area contributed by atoms with Gasteiger partial charge in [-0.15, -0.1) is 0 Å². The summed E-state index contributed by atoms with van der Waals surface area (Å²) in [5, 5.41) is 3.17. The Morgan fingerprint density at radius 2 is 1.94 bits per heavy atom. The molecule has 0 aliphatic carbocycles. The molecule has 100 valence electrons. The third-order valence-corrected chi connectivity index (χ3v) is 2.63. The van der Waals surface area contributed by atoms with E-state index in [-0.39, 0.29) is 5.88 Å². The third-order valence-electron chi connectivity index (χ3n) is 2.63. The van der Waals surface area contributed by atoms with E-state index in [1.807, 2.05) is 0 Å². The van der Waals surface area contributed by atoms with E-state index in [1.165, 1.54) is 0 Å². The molecule has 0 fully saturated rings. The molecular formula is C11H14F3N3O. The molecule has 18 heavy (non-hydrogen) atoms. The number of ether oxygens (including phenoxy) is 1. The molecule has 0 aromatic carbocycles. The van der Waals surface area contributed by atoms with E-state index in [0.717, 1.165) is 12.2 Å². The Morgan fingerprint density at radius 1 is 1.22 bits per heavy atom. The highest BCUT2D eigenvalue weighted by atomic mass is 19.4. The minimum Gasteiger partial charge on any atom is -0.468 e. The summed E-state index contributed by atoms with van der Waals surface area (Å²) >= 11 is 0. The first-order valence-corrected chi connectivity index (χ1v) is 5.72. The Bertz CT molecular complexity index is 434. The van der Waals surface area contributed by atoms with Gasteiger partial charge in [0.2, 0.25) is 5.88 Å². The molecular weight excluding hydrogens is 247 g/mol. The number of hydrogen-bond acceptors (Lipinski definition) is 4. The van der Waals surface area contributed by atoms with Crippen LogP contribution in [0.2, 0.25) is 0 Å². The largest absolute Gasteiger partial charge is 0.468 e. The van der Waals surface area contributed by atoms with E-state index in [9.17, 15) is 13.2 Å². The van der Waals surface area contributed by atoms with Gasteiger partial charge in [-0.1, -0.05) is 0 Å². The molecule has 4 nitrogen and oxygen atoms in total. The number of nitrogens with zero attached hydrogens (tertiary/aromatic N) is 2. The Balaban J connectivity index is 2.25. The van der Waals surface area contributed by atoms with Gasteiger partial charge in [0, 0.05) is 18.5 Å². The molecule has 0 radical (unpaired) electrons. The van der Waals surface area contributed by atoms with E-state index >= 15 is 0 Å². The number of nitrogens with one attached hydrogen (secondary N) is 1. The molecule has 0 atom stereocenters. The van der Waals surface area contributed by atoms with Gasteiger partial charge in [-0.2, -0.15) is 18.2 Å². The number of alkyl halides is 3. The maximum Gasteiger partial charge on any atom is 0.422 e. The second kappa shape index (κ2) is 5.09. The van der Waals surface area contributed by atoms with Crippen molar-refractivity contribution < 1.29 is 17.9 Å². The Kier molecular flexibility index (Phi) is 3.70. The fourth-order valence-corrected chi connectivity index (χ4v) is 1.90. The van der Waals surface area contributed by atoms with Crippen LogP contribution < -0.4 is 10.1 Å². The topological polar surface area (TPSA) is 47.0 Å². The van der Waals surface area contributed by atoms with Crippen LogP contribution in [0.25, 0.3) is 0 Å². The normalized spacial score (nSPS) is 16.0. The molecule has 0 bridgehead atoms. The Labute approximate surface area is 103 Å². The fourth-order valence-electron chi connectivity index (χ4n) is 1.90. The number of aromatic nitrogens is 2. The van der Waals surface area contributed by atoms with E-state index in [2.05, 4.69) is 15.3 Å². The smallest absolute Gasteiger partial charge is 0.422 e. The highest BCUT2D eigenvalue weighted by Crippen LogP contribution is 2.24. The van der Waals surface area contributed by atoms with Crippen molar-refractivity contribution in [2.75, 3.05) is 19.7 Å². The van der Waals surface area contributed by atoms with Gasteiger partial charge >= 0.3 is 6.18 Å². The van der Waals surface area contributed by atoms with Crippen molar-refractivity contribution in [1.82, 2.24) is 15.3 Å². The molecule has 0 unspecified atom stereocenters. The van der Waals surface area contributed by atoms with Crippen molar-refractivity contribution in [3.05, 3.63) is 17.1 Å². The SMILES string of the molecule is Cc1nc2c(c(OCC(F)(F)F)n1)CCNCC2. The summed E-state index contributed by atoms with van der Waals surface area (Å²) in [7, 11) is 0. The maximum atomic E-state index is 12.2. The van der Waals surface area contributed by atoms with E-state index in [0.29, 0.717) is 30.8 Å². The lowest BCUT2D eigenvalue weighted by Crippen LogP contribution is -2.21. The summed E-state index contributed by atoms with van der Waals surface area (Å²) in [5.74, 6) is 0.506. The first kappa shape index (κ1) is 13.1. The van der Waals surface area contributed by atoms with Crippen LogP contribution >= 0.6 is 0 Å². The molecule has 1 aliphatic heterocycles. The molecule has 1 aliphatic rings. The van der Waals surface area contributed by atoms with Crippen LogP contribution in [0.5, 0.6) is 5.88 Å². The molecule has 0 saturated carbocycles. The van der Waals surface area contributed by atoms with Gasteiger partial charge in [-0.3, -0.25) is 0 Å². The second-order valence-corrected chi connectivity index (χ2v) is 4.16. The summed E-state index contributed by atoms with van der Waals surface area (Å²) in [4.78, 5) is 8.24. The van der Waals surface area contributed by atoms with Crippen molar-refractivity contribution in [1.29, 1.82) is 0 Å². The van der Waals surface area contributed by atoms with Gasteiger partial charge < -0.3 is 10.1 Å². The van der Waals surface area contributed by atoms with E-state index in [4.69, 9.17) is 4.74 Å². The lowest BCUT2D eigenvalue weighted by molar-refractivity contribution is -0.154. The summed E-state index contributed by atoms with van der Waals surface area (Å²) in [5.41, 5.74) is 1.47. The Hall–Kier alpha value is -1.37. The highest BCUT2D eigenvalue weighted by molar-refractivity contribution is 5.32. The molecule has 7 heteroatoms. The van der Waals surface area contributed by atoms with Crippen molar-refractivity contribution in [2.24, 2.45) is 0 Å². The van der Waals surface area contributed by atoms with Gasteiger partial charge in [0.05, 0.1) is 5.69 Å². The number of halogens is 3. The summed E-state index contributed by atoms with van der Waals surface area (Å²) < 4.78 is 41.3. The van der Waals surface area contributed by atoms with Crippen molar-refractivity contribution in [3.8, 4) is 5.88 Å². The van der Waals surface area contributed by atoms with Gasteiger partial charge in [-0.25, -0.2) is 4.98 Å². The first-order chi connectivity index (χ1) is 8.46. The van der Waals surface area contributed by atoms with Crippen molar-refractivity contribution in [2.45, 2.75) is 25.9 Å². The molecule has 0 spiro atoms. The monoisotopic (exact) mass is 261 g/mol. The zero-order chi connectivity index (χ0) is 13.2. The lowest BCUT2D eigenvalue weighted by Gasteiger charge is -2.14. The van der Waals surface area contributed by atoms with E-state index in [1.54, 1.807) is 6.92 Å². The average Bonchev–Trinajstić information content (AvgIpc) is 2.49. The van der Waals surface area contributed by atoms with Gasteiger partial charge in [0.25, 0.3) is 0 Å². The molecule has 2 heterocycles. The summed E-state index contributed by atoms with van der Waals surface area (Å²) in [6.45, 7) is 1.80. The zero-order valence-electron chi connectivity index (χ0n) is 9.97. The fraction of sp³-hybridized carbons (Fsp3) is 0.636. The molecule has 0 amide bonds. The maximum absolute atomic E-state index is 12.2. The van der Waals surface area contributed by atoms with Gasteiger partial charge in [-0.05, 0) is 19.9 Å². The zero-order valence-corrected chi connectivity index (χ0v) is 9.97. The minimum atomic E-state index is -4.35.